The number of hydrogen-bond donors (Lipinski definition) is 0. The summed E-state index contributed by atoms with van der Waals surface area (Å²) in [5.41, 5.74) is 5.99. The Labute approximate surface area is 252 Å². The SMILES string of the molecule is CCc1cc(C#CCO[Si](C)(C)C(C)(C)C)ccc1-c1ccc(C#Cc2ccc(OCc3ccccc3)cc2)cc1F. The predicted molar refractivity (Wildman–Crippen MR) is 174 cm³/mol. The first kappa shape index (κ1) is 30.9. The van der Waals surface area contributed by atoms with Crippen molar-refractivity contribution in [3.05, 3.63) is 125 Å². The number of halogens is 1. The molecule has 0 radical (unpaired) electrons. The van der Waals surface area contributed by atoms with Gasteiger partial charge in [-0.2, -0.15) is 0 Å². The highest BCUT2D eigenvalue weighted by Gasteiger charge is 2.36. The molecule has 0 aliphatic rings. The van der Waals surface area contributed by atoms with E-state index in [4.69, 9.17) is 9.16 Å². The predicted octanol–water partition coefficient (Wildman–Crippen LogP) is 9.41. The molecule has 0 N–H and O–H groups in total. The van der Waals surface area contributed by atoms with E-state index < -0.39 is 8.32 Å². The zero-order valence-corrected chi connectivity index (χ0v) is 26.5. The third-order valence-corrected chi connectivity index (χ3v) is 12.2. The monoisotopic (exact) mass is 574 g/mol. The van der Waals surface area contributed by atoms with E-state index in [0.717, 1.165) is 40.0 Å². The average Bonchev–Trinajstić information content (AvgIpc) is 2.98. The molecule has 0 bridgehead atoms. The molecule has 0 amide bonds. The summed E-state index contributed by atoms with van der Waals surface area (Å²) in [5.74, 6) is 13.1. The zero-order valence-electron chi connectivity index (χ0n) is 25.5. The zero-order chi connectivity index (χ0) is 30.2. The van der Waals surface area contributed by atoms with Crippen molar-refractivity contribution in [1.29, 1.82) is 0 Å². The minimum Gasteiger partial charge on any atom is -0.489 e. The fourth-order valence-corrected chi connectivity index (χ4v) is 4.99. The molecule has 0 heterocycles. The van der Waals surface area contributed by atoms with E-state index in [2.05, 4.69) is 70.5 Å². The molecule has 0 unspecified atom stereocenters. The molecule has 214 valence electrons. The Kier molecular flexibility index (Phi) is 10.1. The van der Waals surface area contributed by atoms with Gasteiger partial charge in [0.1, 0.15) is 18.2 Å². The maximum absolute atomic E-state index is 15.3. The van der Waals surface area contributed by atoms with Crippen LogP contribution in [0.25, 0.3) is 11.1 Å². The molecule has 0 saturated heterocycles. The second-order valence-corrected chi connectivity index (χ2v) is 16.6. The topological polar surface area (TPSA) is 18.5 Å². The average molecular weight is 575 g/mol. The molecule has 4 aromatic carbocycles. The second-order valence-electron chi connectivity index (χ2n) is 11.8. The van der Waals surface area contributed by atoms with Crippen molar-refractivity contribution in [3.8, 4) is 40.6 Å². The molecular weight excluding hydrogens is 536 g/mol. The number of rotatable bonds is 7. The van der Waals surface area contributed by atoms with E-state index in [1.54, 1.807) is 0 Å². The number of hydrogen-bond acceptors (Lipinski definition) is 2. The first-order chi connectivity index (χ1) is 20.1. The summed E-state index contributed by atoms with van der Waals surface area (Å²) >= 11 is 0. The van der Waals surface area contributed by atoms with Crippen molar-refractivity contribution in [3.63, 3.8) is 0 Å². The van der Waals surface area contributed by atoms with Gasteiger partial charge in [-0.1, -0.05) is 93.8 Å². The molecule has 0 aliphatic carbocycles. The van der Waals surface area contributed by atoms with Crippen LogP contribution in [0, 0.1) is 29.5 Å². The first-order valence-electron chi connectivity index (χ1n) is 14.4. The molecule has 4 heteroatoms. The lowest BCUT2D eigenvalue weighted by atomic mass is 9.95. The van der Waals surface area contributed by atoms with Crippen molar-refractivity contribution in [2.24, 2.45) is 0 Å². The molecule has 0 saturated carbocycles. The van der Waals surface area contributed by atoms with Crippen LogP contribution in [0.15, 0.2) is 91.0 Å². The standard InChI is InChI=1S/C38H39FO2Si/c1-7-33-26-30(14-11-25-41-42(5,6)38(2,3)4)19-23-35(33)36-24-20-31(27-37(36)39)16-15-29-17-21-34(22-18-29)40-28-32-12-9-8-10-13-32/h8-10,12-13,17-24,26-27H,7,25,28H2,1-6H3. The normalized spacial score (nSPS) is 11.2. The van der Waals surface area contributed by atoms with Gasteiger partial charge in [0.05, 0.1) is 6.61 Å². The second kappa shape index (κ2) is 13.7. The lowest BCUT2D eigenvalue weighted by Gasteiger charge is -2.35. The Hall–Kier alpha value is -4.09. The van der Waals surface area contributed by atoms with Gasteiger partial charge in [-0.05, 0) is 89.8 Å². The van der Waals surface area contributed by atoms with Crippen LogP contribution in [-0.4, -0.2) is 14.9 Å². The highest BCUT2D eigenvalue weighted by atomic mass is 28.4. The number of aryl methyl sites for hydroxylation is 1. The van der Waals surface area contributed by atoms with Gasteiger partial charge in [0.2, 0.25) is 0 Å². The number of ether oxygens (including phenoxy) is 1. The molecule has 0 spiro atoms. The third kappa shape index (κ3) is 8.23. The van der Waals surface area contributed by atoms with Crippen LogP contribution < -0.4 is 4.74 Å². The van der Waals surface area contributed by atoms with Gasteiger partial charge in [0.15, 0.2) is 8.32 Å². The van der Waals surface area contributed by atoms with Crippen molar-refractivity contribution in [1.82, 2.24) is 0 Å². The minimum atomic E-state index is -1.83. The maximum Gasteiger partial charge on any atom is 0.193 e. The minimum absolute atomic E-state index is 0.153. The molecule has 0 aliphatic heterocycles. The Morgan fingerprint density at radius 1 is 0.738 bits per heavy atom. The largest absolute Gasteiger partial charge is 0.489 e. The van der Waals surface area contributed by atoms with E-state index in [0.29, 0.717) is 24.3 Å². The van der Waals surface area contributed by atoms with Crippen LogP contribution in [0.2, 0.25) is 18.1 Å². The van der Waals surface area contributed by atoms with Gasteiger partial charge >= 0.3 is 0 Å². The summed E-state index contributed by atoms with van der Waals surface area (Å²) in [4.78, 5) is 0. The Balaban J connectivity index is 1.42. The lowest BCUT2D eigenvalue weighted by molar-refractivity contribution is 0.306. The molecular formula is C38H39FO2Si. The van der Waals surface area contributed by atoms with Crippen LogP contribution in [0.4, 0.5) is 4.39 Å². The van der Waals surface area contributed by atoms with Crippen LogP contribution >= 0.6 is 0 Å². The molecule has 4 rings (SSSR count). The highest BCUT2D eigenvalue weighted by molar-refractivity contribution is 6.74. The molecule has 0 atom stereocenters. The molecule has 4 aromatic rings. The van der Waals surface area contributed by atoms with Gasteiger partial charge in [-0.15, -0.1) is 0 Å². The van der Waals surface area contributed by atoms with Gasteiger partial charge in [-0.3, -0.25) is 0 Å². The summed E-state index contributed by atoms with van der Waals surface area (Å²) in [6, 6.07) is 28.8. The highest BCUT2D eigenvalue weighted by Crippen LogP contribution is 2.36. The summed E-state index contributed by atoms with van der Waals surface area (Å²) in [6.45, 7) is 14.1. The van der Waals surface area contributed by atoms with Crippen molar-refractivity contribution in [2.75, 3.05) is 6.61 Å². The molecule has 0 fully saturated rings. The summed E-state index contributed by atoms with van der Waals surface area (Å²) in [7, 11) is -1.83. The Morgan fingerprint density at radius 2 is 1.36 bits per heavy atom. The molecule has 42 heavy (non-hydrogen) atoms. The summed E-state index contributed by atoms with van der Waals surface area (Å²) in [5, 5.41) is 0.153. The van der Waals surface area contributed by atoms with Crippen LogP contribution in [0.3, 0.4) is 0 Å². The van der Waals surface area contributed by atoms with Crippen molar-refractivity contribution < 1.29 is 13.6 Å². The van der Waals surface area contributed by atoms with E-state index in [1.165, 1.54) is 6.07 Å². The first-order valence-corrected chi connectivity index (χ1v) is 17.3. The molecule has 0 aromatic heterocycles. The maximum atomic E-state index is 15.3. The van der Waals surface area contributed by atoms with Crippen LogP contribution in [0.1, 0.15) is 55.5 Å². The molecule has 2 nitrogen and oxygen atoms in total. The van der Waals surface area contributed by atoms with Crippen LogP contribution in [-0.2, 0) is 17.5 Å². The van der Waals surface area contributed by atoms with Crippen molar-refractivity contribution in [2.45, 2.75) is 58.9 Å². The van der Waals surface area contributed by atoms with E-state index in [9.17, 15) is 0 Å². The smallest absolute Gasteiger partial charge is 0.193 e. The van der Waals surface area contributed by atoms with E-state index in [-0.39, 0.29) is 10.9 Å². The fourth-order valence-electron chi connectivity index (χ4n) is 4.13. The number of benzene rings is 4. The van der Waals surface area contributed by atoms with Crippen LogP contribution in [0.5, 0.6) is 5.75 Å². The van der Waals surface area contributed by atoms with Gasteiger partial charge in [-0.25, -0.2) is 4.39 Å². The quantitative estimate of drug-likeness (QED) is 0.162. The summed E-state index contributed by atoms with van der Waals surface area (Å²) in [6.07, 6.45) is 0.775. The Bertz CT molecular complexity index is 1630. The van der Waals surface area contributed by atoms with Gasteiger partial charge < -0.3 is 9.16 Å². The Morgan fingerprint density at radius 3 is 2.00 bits per heavy atom. The van der Waals surface area contributed by atoms with Gasteiger partial charge in [0.25, 0.3) is 0 Å². The van der Waals surface area contributed by atoms with Gasteiger partial charge in [0, 0.05) is 22.3 Å². The lowest BCUT2D eigenvalue weighted by Crippen LogP contribution is -2.40. The fraction of sp³-hybridized carbons (Fsp3) is 0.263. The van der Waals surface area contributed by atoms with E-state index in [1.807, 2.05) is 78.9 Å². The van der Waals surface area contributed by atoms with Crippen molar-refractivity contribution >= 4 is 8.32 Å². The third-order valence-electron chi connectivity index (χ3n) is 7.74. The summed E-state index contributed by atoms with van der Waals surface area (Å²) < 4.78 is 27.3. The van der Waals surface area contributed by atoms with E-state index >= 15 is 4.39 Å².